The number of nitrogens with one attached hydrogen (secondary N) is 1. The van der Waals surface area contributed by atoms with Crippen LogP contribution in [0.3, 0.4) is 0 Å². The van der Waals surface area contributed by atoms with Crippen molar-refractivity contribution in [3.63, 3.8) is 0 Å². The molecular formula is C17H22N2O6S2. The molecule has 0 saturated carbocycles. The molecule has 0 aliphatic heterocycles. The van der Waals surface area contributed by atoms with Crippen molar-refractivity contribution >= 4 is 25.7 Å². The van der Waals surface area contributed by atoms with Crippen molar-refractivity contribution in [1.82, 2.24) is 4.31 Å². The Kier molecular flexibility index (Phi) is 6.34. The van der Waals surface area contributed by atoms with Gasteiger partial charge in [0.05, 0.1) is 24.3 Å². The second kappa shape index (κ2) is 8.15. The number of benzene rings is 2. The molecule has 0 amide bonds. The summed E-state index contributed by atoms with van der Waals surface area (Å²) in [6.07, 6.45) is 0. The molecule has 0 bridgehead atoms. The SMILES string of the molecule is CCOc1ccc(S(=O)(=O)Nc2ccc(OC)c(S(=O)(=O)N(C)C)c2)cc1. The summed E-state index contributed by atoms with van der Waals surface area (Å²) in [5.74, 6) is 0.674. The summed E-state index contributed by atoms with van der Waals surface area (Å²) in [6.45, 7) is 2.30. The van der Waals surface area contributed by atoms with E-state index < -0.39 is 20.0 Å². The van der Waals surface area contributed by atoms with Gasteiger partial charge in [-0.3, -0.25) is 4.72 Å². The molecule has 0 aromatic heterocycles. The largest absolute Gasteiger partial charge is 0.495 e. The normalized spacial score (nSPS) is 12.0. The van der Waals surface area contributed by atoms with Crippen LogP contribution < -0.4 is 14.2 Å². The van der Waals surface area contributed by atoms with Crippen molar-refractivity contribution < 1.29 is 26.3 Å². The second-order valence-electron chi connectivity index (χ2n) is 5.66. The van der Waals surface area contributed by atoms with Gasteiger partial charge in [0, 0.05) is 14.1 Å². The van der Waals surface area contributed by atoms with Crippen molar-refractivity contribution in [3.05, 3.63) is 42.5 Å². The third kappa shape index (κ3) is 4.71. The molecule has 0 heterocycles. The number of nitrogens with zero attached hydrogens (tertiary/aromatic N) is 1. The zero-order chi connectivity index (χ0) is 20.2. The summed E-state index contributed by atoms with van der Waals surface area (Å²) in [5.41, 5.74) is 0.102. The number of ether oxygens (including phenoxy) is 2. The van der Waals surface area contributed by atoms with Crippen molar-refractivity contribution in [2.75, 3.05) is 32.5 Å². The van der Waals surface area contributed by atoms with Gasteiger partial charge in [0.1, 0.15) is 16.4 Å². The summed E-state index contributed by atoms with van der Waals surface area (Å²) in [7, 11) is -3.62. The van der Waals surface area contributed by atoms with Gasteiger partial charge >= 0.3 is 0 Å². The summed E-state index contributed by atoms with van der Waals surface area (Å²) in [4.78, 5) is -0.110. The Bertz CT molecular complexity index is 1000. The second-order valence-corrected chi connectivity index (χ2v) is 9.47. The van der Waals surface area contributed by atoms with Crippen LogP contribution in [0.2, 0.25) is 0 Å². The van der Waals surface area contributed by atoms with Crippen LogP contribution in [0.15, 0.2) is 52.3 Å². The van der Waals surface area contributed by atoms with Gasteiger partial charge in [-0.2, -0.15) is 0 Å². The quantitative estimate of drug-likeness (QED) is 0.710. The molecule has 0 fully saturated rings. The summed E-state index contributed by atoms with van der Waals surface area (Å²) in [6, 6.07) is 9.97. The molecule has 0 unspecified atom stereocenters. The summed E-state index contributed by atoms with van der Waals surface area (Å²) in [5, 5.41) is 0. The van der Waals surface area contributed by atoms with E-state index in [9.17, 15) is 16.8 Å². The maximum atomic E-state index is 12.6. The van der Waals surface area contributed by atoms with Crippen molar-refractivity contribution in [1.29, 1.82) is 0 Å². The van der Waals surface area contributed by atoms with E-state index in [1.165, 1.54) is 51.5 Å². The highest BCUT2D eigenvalue weighted by Gasteiger charge is 2.24. The molecule has 10 heteroatoms. The van der Waals surface area contributed by atoms with E-state index in [4.69, 9.17) is 9.47 Å². The first-order valence-corrected chi connectivity index (χ1v) is 10.9. The summed E-state index contributed by atoms with van der Waals surface area (Å²) >= 11 is 0. The van der Waals surface area contributed by atoms with Crippen molar-refractivity contribution in [2.45, 2.75) is 16.7 Å². The van der Waals surface area contributed by atoms with Crippen LogP contribution in [0.25, 0.3) is 0 Å². The van der Waals surface area contributed by atoms with Crippen LogP contribution in [0.5, 0.6) is 11.5 Å². The van der Waals surface area contributed by atoms with Crippen LogP contribution in [0, 0.1) is 0 Å². The molecule has 2 rings (SSSR count). The van der Waals surface area contributed by atoms with Crippen LogP contribution in [0.1, 0.15) is 6.92 Å². The van der Waals surface area contributed by atoms with Crippen LogP contribution in [-0.4, -0.2) is 49.0 Å². The van der Waals surface area contributed by atoms with Gasteiger partial charge in [-0.05, 0) is 49.4 Å². The molecular weight excluding hydrogens is 392 g/mol. The van der Waals surface area contributed by atoms with Crippen molar-refractivity contribution in [3.8, 4) is 11.5 Å². The fourth-order valence-electron chi connectivity index (χ4n) is 2.23. The predicted octanol–water partition coefficient (Wildman–Crippen LogP) is 2.15. The molecule has 2 aromatic carbocycles. The zero-order valence-electron chi connectivity index (χ0n) is 15.5. The minimum absolute atomic E-state index is 0.0267. The standard InChI is InChI=1S/C17H22N2O6S2/c1-5-25-14-7-9-15(10-8-14)26(20,21)18-13-6-11-16(24-4)17(12-13)27(22,23)19(2)3/h6-12,18H,5H2,1-4H3. The first kappa shape index (κ1) is 21.0. The minimum atomic E-state index is -3.90. The first-order valence-electron chi connectivity index (χ1n) is 7.98. The number of hydrogen-bond acceptors (Lipinski definition) is 6. The van der Waals surface area contributed by atoms with E-state index in [1.807, 2.05) is 6.92 Å². The lowest BCUT2D eigenvalue weighted by atomic mass is 10.3. The number of sulfonamides is 2. The highest BCUT2D eigenvalue weighted by molar-refractivity contribution is 7.92. The van der Waals surface area contributed by atoms with Gasteiger partial charge in [0.25, 0.3) is 10.0 Å². The number of methoxy groups -OCH3 is 1. The fraction of sp³-hybridized carbons (Fsp3) is 0.294. The van der Waals surface area contributed by atoms with Gasteiger partial charge in [-0.1, -0.05) is 0 Å². The minimum Gasteiger partial charge on any atom is -0.495 e. The Labute approximate surface area is 159 Å². The van der Waals surface area contributed by atoms with E-state index in [1.54, 1.807) is 12.1 Å². The van der Waals surface area contributed by atoms with Crippen LogP contribution >= 0.6 is 0 Å². The fourth-order valence-corrected chi connectivity index (χ4v) is 4.36. The molecule has 0 spiro atoms. The summed E-state index contributed by atoms with van der Waals surface area (Å²) < 4.78 is 63.8. The Morgan fingerprint density at radius 1 is 1.00 bits per heavy atom. The van der Waals surface area contributed by atoms with E-state index in [2.05, 4.69) is 4.72 Å². The Morgan fingerprint density at radius 3 is 2.15 bits per heavy atom. The zero-order valence-corrected chi connectivity index (χ0v) is 17.1. The molecule has 0 radical (unpaired) electrons. The highest BCUT2D eigenvalue weighted by Crippen LogP contribution is 2.30. The number of anilines is 1. The van der Waals surface area contributed by atoms with Crippen LogP contribution in [0.4, 0.5) is 5.69 Å². The molecule has 0 atom stereocenters. The molecule has 1 N–H and O–H groups in total. The topological polar surface area (TPSA) is 102 Å². The number of hydrogen-bond donors (Lipinski definition) is 1. The maximum absolute atomic E-state index is 12.6. The average molecular weight is 415 g/mol. The first-order chi connectivity index (χ1) is 12.6. The Morgan fingerprint density at radius 2 is 1.63 bits per heavy atom. The lowest BCUT2D eigenvalue weighted by Crippen LogP contribution is -2.23. The van der Waals surface area contributed by atoms with Gasteiger partial charge in [-0.15, -0.1) is 0 Å². The lowest BCUT2D eigenvalue weighted by molar-refractivity contribution is 0.340. The molecule has 0 aliphatic rings. The van der Waals surface area contributed by atoms with E-state index in [0.29, 0.717) is 12.4 Å². The molecule has 0 saturated heterocycles. The molecule has 2 aromatic rings. The smallest absolute Gasteiger partial charge is 0.261 e. The predicted molar refractivity (Wildman–Crippen MR) is 102 cm³/mol. The number of rotatable bonds is 8. The monoisotopic (exact) mass is 414 g/mol. The van der Waals surface area contributed by atoms with Crippen molar-refractivity contribution in [2.24, 2.45) is 0 Å². The van der Waals surface area contributed by atoms with Gasteiger partial charge in [-0.25, -0.2) is 21.1 Å². The Hall–Kier alpha value is -2.30. The molecule has 0 aliphatic carbocycles. The third-order valence-electron chi connectivity index (χ3n) is 3.62. The maximum Gasteiger partial charge on any atom is 0.261 e. The average Bonchev–Trinajstić information content (AvgIpc) is 2.62. The molecule has 148 valence electrons. The highest BCUT2D eigenvalue weighted by atomic mass is 32.2. The van der Waals surface area contributed by atoms with Crippen LogP contribution in [-0.2, 0) is 20.0 Å². The van der Waals surface area contributed by atoms with E-state index in [0.717, 1.165) is 4.31 Å². The Balaban J connectivity index is 2.39. The molecule has 27 heavy (non-hydrogen) atoms. The van der Waals surface area contributed by atoms with E-state index >= 15 is 0 Å². The lowest BCUT2D eigenvalue weighted by Gasteiger charge is -2.16. The van der Waals surface area contributed by atoms with E-state index in [-0.39, 0.29) is 21.2 Å². The van der Waals surface area contributed by atoms with Gasteiger partial charge < -0.3 is 9.47 Å². The molecule has 8 nitrogen and oxygen atoms in total. The third-order valence-corrected chi connectivity index (χ3v) is 6.85. The van der Waals surface area contributed by atoms with Gasteiger partial charge in [0.2, 0.25) is 10.0 Å². The van der Waals surface area contributed by atoms with Gasteiger partial charge in [0.15, 0.2) is 0 Å².